The van der Waals surface area contributed by atoms with Gasteiger partial charge in [0, 0.05) is 33.4 Å². The molecule has 0 unspecified atom stereocenters. The summed E-state index contributed by atoms with van der Waals surface area (Å²) in [5.74, 6) is 0.653. The maximum Gasteiger partial charge on any atom is 0.241 e. The zero-order valence-electron chi connectivity index (χ0n) is 16.7. The summed E-state index contributed by atoms with van der Waals surface area (Å²) >= 11 is 0. The molecule has 2 rings (SSSR count). The topological polar surface area (TPSA) is 74.8 Å². The van der Waals surface area contributed by atoms with E-state index >= 15 is 0 Å². The Kier molecular flexibility index (Phi) is 9.11. The van der Waals surface area contributed by atoms with Crippen LogP contribution in [0.15, 0.2) is 35.3 Å². The van der Waals surface area contributed by atoms with Gasteiger partial charge in [-0.05, 0) is 43.6 Å². The molecule has 1 aliphatic rings. The van der Waals surface area contributed by atoms with E-state index in [1.807, 2.05) is 25.1 Å². The van der Waals surface area contributed by atoms with Crippen molar-refractivity contribution in [2.75, 3.05) is 39.9 Å². The highest BCUT2D eigenvalue weighted by molar-refractivity contribution is 5.84. The highest BCUT2D eigenvalue weighted by Crippen LogP contribution is 2.43. The van der Waals surface area contributed by atoms with E-state index in [0.717, 1.165) is 32.5 Å². The fourth-order valence-corrected chi connectivity index (χ4v) is 3.32. The van der Waals surface area contributed by atoms with E-state index in [1.165, 1.54) is 24.8 Å². The lowest BCUT2D eigenvalue weighted by Gasteiger charge is -2.42. The Hall–Kier alpha value is -2.08. The van der Waals surface area contributed by atoms with E-state index in [9.17, 15) is 4.79 Å². The molecule has 27 heavy (non-hydrogen) atoms. The Morgan fingerprint density at radius 1 is 1.19 bits per heavy atom. The van der Waals surface area contributed by atoms with Crippen LogP contribution in [0.2, 0.25) is 0 Å². The molecule has 0 spiro atoms. The number of rotatable bonds is 11. The molecular formula is C21H34N4O2. The number of nitrogens with one attached hydrogen (secondary N) is 3. The largest absolute Gasteiger partial charge is 0.385 e. The fraction of sp³-hybridized carbons (Fsp3) is 0.619. The van der Waals surface area contributed by atoms with Crippen molar-refractivity contribution in [3.63, 3.8) is 0 Å². The first kappa shape index (κ1) is 21.2. The standard InChI is InChI=1S/C21H34N4O2/c1-3-22-20(25-17-21(11-7-12-21)13-15-27-2)24-16-19(26)23-14-10-18-8-5-4-6-9-18/h4-6,8-9H,3,7,10-17H2,1-2H3,(H,23,26)(H2,22,24,25). The molecule has 0 bridgehead atoms. The normalized spacial score (nSPS) is 15.7. The summed E-state index contributed by atoms with van der Waals surface area (Å²) in [5.41, 5.74) is 1.53. The molecule has 0 saturated heterocycles. The molecule has 1 saturated carbocycles. The second kappa shape index (κ2) is 11.6. The summed E-state index contributed by atoms with van der Waals surface area (Å²) in [4.78, 5) is 16.5. The lowest BCUT2D eigenvalue weighted by atomic mass is 9.67. The molecule has 6 nitrogen and oxygen atoms in total. The molecule has 3 N–H and O–H groups in total. The van der Waals surface area contributed by atoms with Crippen LogP contribution in [0.1, 0.15) is 38.2 Å². The van der Waals surface area contributed by atoms with E-state index in [1.54, 1.807) is 7.11 Å². The van der Waals surface area contributed by atoms with Gasteiger partial charge in [0.15, 0.2) is 5.96 Å². The number of benzene rings is 1. The van der Waals surface area contributed by atoms with Gasteiger partial charge in [0.05, 0.1) is 0 Å². The number of carbonyl (C=O) groups excluding carboxylic acids is 1. The molecule has 1 fully saturated rings. The van der Waals surface area contributed by atoms with Crippen molar-refractivity contribution in [2.24, 2.45) is 10.4 Å². The number of aliphatic imine (C=N–C) groups is 1. The fourth-order valence-electron chi connectivity index (χ4n) is 3.32. The summed E-state index contributed by atoms with van der Waals surface area (Å²) in [6.45, 7) is 5.22. The monoisotopic (exact) mass is 374 g/mol. The van der Waals surface area contributed by atoms with Crippen molar-refractivity contribution in [2.45, 2.75) is 39.0 Å². The Morgan fingerprint density at radius 3 is 2.59 bits per heavy atom. The van der Waals surface area contributed by atoms with Crippen molar-refractivity contribution < 1.29 is 9.53 Å². The third-order valence-corrected chi connectivity index (χ3v) is 5.19. The molecule has 0 atom stereocenters. The van der Waals surface area contributed by atoms with Crippen molar-refractivity contribution in [1.29, 1.82) is 0 Å². The van der Waals surface area contributed by atoms with Crippen LogP contribution in [0.5, 0.6) is 0 Å². The second-order valence-corrected chi connectivity index (χ2v) is 7.23. The third-order valence-electron chi connectivity index (χ3n) is 5.19. The zero-order valence-corrected chi connectivity index (χ0v) is 16.7. The molecule has 150 valence electrons. The van der Waals surface area contributed by atoms with Gasteiger partial charge < -0.3 is 20.7 Å². The number of amides is 1. The number of hydrogen-bond donors (Lipinski definition) is 3. The van der Waals surface area contributed by atoms with Crippen LogP contribution in [-0.4, -0.2) is 51.8 Å². The molecule has 0 aromatic heterocycles. The number of methoxy groups -OCH3 is 1. The van der Waals surface area contributed by atoms with Crippen LogP contribution in [0, 0.1) is 5.41 Å². The molecular weight excluding hydrogens is 340 g/mol. The summed E-state index contributed by atoms with van der Waals surface area (Å²) < 4.78 is 5.25. The maximum absolute atomic E-state index is 12.1. The molecule has 1 aromatic rings. The quantitative estimate of drug-likeness (QED) is 0.410. The first-order valence-electron chi connectivity index (χ1n) is 9.99. The summed E-state index contributed by atoms with van der Waals surface area (Å²) in [6, 6.07) is 10.2. The summed E-state index contributed by atoms with van der Waals surface area (Å²) in [5, 5.41) is 9.57. The molecule has 1 aliphatic carbocycles. The van der Waals surface area contributed by atoms with Crippen molar-refractivity contribution in [1.82, 2.24) is 16.0 Å². The molecule has 6 heteroatoms. The first-order valence-corrected chi connectivity index (χ1v) is 9.99. The molecule has 1 amide bonds. The average Bonchev–Trinajstić information content (AvgIpc) is 2.65. The van der Waals surface area contributed by atoms with E-state index in [0.29, 0.717) is 17.9 Å². The van der Waals surface area contributed by atoms with E-state index in [2.05, 4.69) is 33.1 Å². The molecule has 0 heterocycles. The van der Waals surface area contributed by atoms with Gasteiger partial charge >= 0.3 is 0 Å². The number of nitrogens with zero attached hydrogens (tertiary/aromatic N) is 1. The smallest absolute Gasteiger partial charge is 0.241 e. The van der Waals surface area contributed by atoms with Gasteiger partial charge in [0.25, 0.3) is 0 Å². The Labute approximate surface area is 163 Å². The third kappa shape index (κ3) is 7.59. The van der Waals surface area contributed by atoms with Gasteiger partial charge in [0.1, 0.15) is 6.54 Å². The van der Waals surface area contributed by atoms with Crippen molar-refractivity contribution in [3.8, 4) is 0 Å². The highest BCUT2D eigenvalue weighted by atomic mass is 16.5. The zero-order chi connectivity index (χ0) is 19.4. The summed E-state index contributed by atoms with van der Waals surface area (Å²) in [7, 11) is 1.75. The van der Waals surface area contributed by atoms with Gasteiger partial charge in [-0.3, -0.25) is 4.79 Å². The highest BCUT2D eigenvalue weighted by Gasteiger charge is 2.36. The molecule has 0 radical (unpaired) electrons. The average molecular weight is 375 g/mol. The van der Waals surface area contributed by atoms with Crippen LogP contribution in [0.3, 0.4) is 0 Å². The molecule has 1 aromatic carbocycles. The number of guanidine groups is 1. The minimum atomic E-state index is -0.0547. The lowest BCUT2D eigenvalue weighted by Crippen LogP contribution is -2.47. The minimum absolute atomic E-state index is 0.0547. The predicted octanol–water partition coefficient (Wildman–Crippen LogP) is 2.11. The van der Waals surface area contributed by atoms with Crippen LogP contribution >= 0.6 is 0 Å². The Bertz CT molecular complexity index is 585. The Morgan fingerprint density at radius 2 is 1.96 bits per heavy atom. The number of hydrogen-bond acceptors (Lipinski definition) is 3. The van der Waals surface area contributed by atoms with Crippen LogP contribution in [0.4, 0.5) is 0 Å². The van der Waals surface area contributed by atoms with Gasteiger partial charge in [-0.2, -0.15) is 0 Å². The van der Waals surface area contributed by atoms with Gasteiger partial charge in [-0.1, -0.05) is 36.8 Å². The summed E-state index contributed by atoms with van der Waals surface area (Å²) in [6.07, 6.45) is 5.63. The Balaban J connectivity index is 1.73. The van der Waals surface area contributed by atoms with E-state index in [4.69, 9.17) is 4.74 Å². The van der Waals surface area contributed by atoms with Gasteiger partial charge in [-0.25, -0.2) is 4.99 Å². The first-order chi connectivity index (χ1) is 13.2. The van der Waals surface area contributed by atoms with Crippen molar-refractivity contribution >= 4 is 11.9 Å². The van der Waals surface area contributed by atoms with Gasteiger partial charge in [-0.15, -0.1) is 0 Å². The molecule has 0 aliphatic heterocycles. The lowest BCUT2D eigenvalue weighted by molar-refractivity contribution is -0.119. The second-order valence-electron chi connectivity index (χ2n) is 7.23. The van der Waals surface area contributed by atoms with E-state index < -0.39 is 0 Å². The number of carbonyl (C=O) groups is 1. The van der Waals surface area contributed by atoms with Crippen LogP contribution < -0.4 is 16.0 Å². The van der Waals surface area contributed by atoms with Crippen LogP contribution in [-0.2, 0) is 16.0 Å². The SMILES string of the molecule is CCNC(=NCC(=O)NCCc1ccccc1)NCC1(CCOC)CCC1. The van der Waals surface area contributed by atoms with Crippen molar-refractivity contribution in [3.05, 3.63) is 35.9 Å². The number of ether oxygens (including phenoxy) is 1. The minimum Gasteiger partial charge on any atom is -0.385 e. The maximum atomic E-state index is 12.1. The van der Waals surface area contributed by atoms with Crippen LogP contribution in [0.25, 0.3) is 0 Å². The van der Waals surface area contributed by atoms with Gasteiger partial charge in [0.2, 0.25) is 5.91 Å². The predicted molar refractivity (Wildman–Crippen MR) is 110 cm³/mol. The van der Waals surface area contributed by atoms with E-state index in [-0.39, 0.29) is 12.5 Å².